The first-order valence-electron chi connectivity index (χ1n) is 5.36. The van der Waals surface area contributed by atoms with Crippen LogP contribution in [0.4, 0.5) is 0 Å². The van der Waals surface area contributed by atoms with E-state index < -0.39 is 0 Å². The molecule has 0 saturated heterocycles. The Bertz CT molecular complexity index is 257. The van der Waals surface area contributed by atoms with Crippen LogP contribution in [0, 0.1) is 4.91 Å². The normalized spacial score (nSPS) is 9.53. The van der Waals surface area contributed by atoms with Crippen molar-refractivity contribution in [1.82, 2.24) is 5.01 Å². The molecule has 0 rings (SSSR count). The van der Waals surface area contributed by atoms with E-state index in [1.54, 1.807) is 0 Å². The highest BCUT2D eigenvalue weighted by molar-refractivity contribution is 5.69. The molecule has 17 heavy (non-hydrogen) atoms. The van der Waals surface area contributed by atoms with Crippen molar-refractivity contribution in [1.29, 1.82) is 0 Å². The maximum Gasteiger partial charge on any atom is 0.307 e. The molecule has 0 spiro atoms. The summed E-state index contributed by atoms with van der Waals surface area (Å²) in [5, 5.41) is 4.03. The van der Waals surface area contributed by atoms with Crippen LogP contribution in [-0.2, 0) is 19.1 Å². The summed E-state index contributed by atoms with van der Waals surface area (Å²) in [6, 6.07) is 0. The van der Waals surface area contributed by atoms with E-state index in [4.69, 9.17) is 0 Å². The van der Waals surface area contributed by atoms with Crippen molar-refractivity contribution < 1.29 is 19.1 Å². The number of nitrogens with zero attached hydrogens (tertiary/aromatic N) is 2. The zero-order valence-electron chi connectivity index (χ0n) is 10.2. The molecule has 0 aromatic rings. The van der Waals surface area contributed by atoms with Crippen molar-refractivity contribution in [3.05, 3.63) is 4.91 Å². The number of esters is 2. The Morgan fingerprint density at radius 1 is 1.00 bits per heavy atom. The van der Waals surface area contributed by atoms with Crippen molar-refractivity contribution in [3.8, 4) is 0 Å². The van der Waals surface area contributed by atoms with Crippen molar-refractivity contribution >= 4 is 11.9 Å². The third-order valence-corrected chi connectivity index (χ3v) is 2.19. The monoisotopic (exact) mass is 246 g/mol. The van der Waals surface area contributed by atoms with Crippen molar-refractivity contribution in [2.75, 3.05) is 27.3 Å². The highest BCUT2D eigenvalue weighted by Gasteiger charge is 2.07. The topological polar surface area (TPSA) is 85.3 Å². The lowest BCUT2D eigenvalue weighted by atomic mass is 10.2. The lowest BCUT2D eigenvalue weighted by Crippen LogP contribution is -2.22. The van der Waals surface area contributed by atoms with Gasteiger partial charge in [0.1, 0.15) is 0 Å². The molecule has 0 aromatic carbocycles. The summed E-state index contributed by atoms with van der Waals surface area (Å²) in [6.45, 7) is 0.645. The standard InChI is InChI=1S/C10H18N2O5/c1-16-9(13)5-3-4-7-12(11-15)8-6-10(14)17-2/h3-8H2,1-2H3. The molecule has 0 aliphatic carbocycles. The van der Waals surface area contributed by atoms with E-state index in [0.29, 0.717) is 25.8 Å². The molecular weight excluding hydrogens is 228 g/mol. The van der Waals surface area contributed by atoms with Crippen LogP contribution >= 0.6 is 0 Å². The smallest absolute Gasteiger partial charge is 0.307 e. The van der Waals surface area contributed by atoms with Gasteiger partial charge in [0, 0.05) is 19.5 Å². The van der Waals surface area contributed by atoms with Crippen LogP contribution in [0.5, 0.6) is 0 Å². The van der Waals surface area contributed by atoms with Crippen LogP contribution in [-0.4, -0.2) is 44.3 Å². The third kappa shape index (κ3) is 8.18. The lowest BCUT2D eigenvalue weighted by Gasteiger charge is -2.13. The molecule has 0 amide bonds. The predicted molar refractivity (Wildman–Crippen MR) is 59.9 cm³/mol. The average molecular weight is 246 g/mol. The minimum Gasteiger partial charge on any atom is -0.469 e. The first-order chi connectivity index (χ1) is 8.13. The SMILES string of the molecule is COC(=O)CCCCN(CCC(=O)OC)N=O. The summed E-state index contributed by atoms with van der Waals surface area (Å²) in [7, 11) is 2.62. The molecule has 0 saturated carbocycles. The van der Waals surface area contributed by atoms with E-state index in [0.717, 1.165) is 0 Å². The second kappa shape index (κ2) is 9.56. The third-order valence-electron chi connectivity index (χ3n) is 2.19. The van der Waals surface area contributed by atoms with Gasteiger partial charge in [-0.15, -0.1) is 4.91 Å². The fourth-order valence-electron chi connectivity index (χ4n) is 1.18. The van der Waals surface area contributed by atoms with Gasteiger partial charge in [-0.2, -0.15) is 0 Å². The number of carbonyl (C=O) groups excluding carboxylic acids is 2. The summed E-state index contributed by atoms with van der Waals surface area (Å²) in [4.78, 5) is 32.1. The molecule has 98 valence electrons. The molecule has 7 heteroatoms. The van der Waals surface area contributed by atoms with Crippen LogP contribution in [0.25, 0.3) is 0 Å². The van der Waals surface area contributed by atoms with E-state index in [1.165, 1.54) is 19.2 Å². The molecule has 0 bridgehead atoms. The molecule has 0 atom stereocenters. The number of methoxy groups -OCH3 is 2. The van der Waals surface area contributed by atoms with Gasteiger partial charge in [-0.05, 0) is 12.8 Å². The first kappa shape index (κ1) is 15.3. The quantitative estimate of drug-likeness (QED) is 0.260. The summed E-state index contributed by atoms with van der Waals surface area (Å²) in [5.74, 6) is -0.654. The number of rotatable bonds is 9. The number of nitroso groups, excluding NO2 is 1. The van der Waals surface area contributed by atoms with Crippen molar-refractivity contribution in [2.45, 2.75) is 25.7 Å². The number of unbranched alkanes of at least 4 members (excludes halogenated alkanes) is 1. The highest BCUT2D eigenvalue weighted by Crippen LogP contribution is 2.02. The van der Waals surface area contributed by atoms with Gasteiger partial charge < -0.3 is 9.47 Å². The van der Waals surface area contributed by atoms with E-state index in [9.17, 15) is 14.5 Å². The number of carbonyl (C=O) groups is 2. The van der Waals surface area contributed by atoms with E-state index in [2.05, 4.69) is 14.8 Å². The maximum atomic E-state index is 10.8. The van der Waals surface area contributed by atoms with Crippen LogP contribution in [0.2, 0.25) is 0 Å². The molecule has 0 aromatic heterocycles. The van der Waals surface area contributed by atoms with Crippen LogP contribution < -0.4 is 0 Å². The number of ether oxygens (including phenoxy) is 2. The Kier molecular flexibility index (Phi) is 8.62. The number of hydrogen-bond donors (Lipinski definition) is 0. The van der Waals surface area contributed by atoms with Gasteiger partial charge >= 0.3 is 11.9 Å². The van der Waals surface area contributed by atoms with Gasteiger partial charge in [-0.3, -0.25) is 14.6 Å². The van der Waals surface area contributed by atoms with Crippen molar-refractivity contribution in [2.24, 2.45) is 5.29 Å². The molecule has 0 N–H and O–H groups in total. The van der Waals surface area contributed by atoms with Gasteiger partial charge in [-0.25, -0.2) is 0 Å². The van der Waals surface area contributed by atoms with E-state index in [-0.39, 0.29) is 24.9 Å². The molecular formula is C10H18N2O5. The molecule has 0 aliphatic rings. The van der Waals surface area contributed by atoms with Crippen molar-refractivity contribution in [3.63, 3.8) is 0 Å². The molecule has 7 nitrogen and oxygen atoms in total. The first-order valence-corrected chi connectivity index (χ1v) is 5.36. The van der Waals surface area contributed by atoms with E-state index in [1.807, 2.05) is 0 Å². The Morgan fingerprint density at radius 3 is 2.12 bits per heavy atom. The Balaban J connectivity index is 3.64. The Labute approximate surface area is 100.0 Å². The highest BCUT2D eigenvalue weighted by atomic mass is 16.5. The maximum absolute atomic E-state index is 10.8. The predicted octanol–water partition coefficient (Wildman–Crippen LogP) is 0.876. The lowest BCUT2D eigenvalue weighted by molar-refractivity contribution is -0.141. The van der Waals surface area contributed by atoms with E-state index >= 15 is 0 Å². The van der Waals surface area contributed by atoms with Crippen LogP contribution in [0.3, 0.4) is 0 Å². The fourth-order valence-corrected chi connectivity index (χ4v) is 1.18. The average Bonchev–Trinajstić information content (AvgIpc) is 2.36. The van der Waals surface area contributed by atoms with Crippen LogP contribution in [0.15, 0.2) is 5.29 Å². The minimum absolute atomic E-state index is 0.124. The molecule has 0 aliphatic heterocycles. The second-order valence-corrected chi connectivity index (χ2v) is 3.39. The second-order valence-electron chi connectivity index (χ2n) is 3.39. The zero-order chi connectivity index (χ0) is 13.1. The minimum atomic E-state index is -0.381. The molecule has 0 radical (unpaired) electrons. The molecule has 0 heterocycles. The zero-order valence-corrected chi connectivity index (χ0v) is 10.2. The van der Waals surface area contributed by atoms with Crippen LogP contribution in [0.1, 0.15) is 25.7 Å². The molecule has 0 fully saturated rings. The van der Waals surface area contributed by atoms with Gasteiger partial charge in [0.15, 0.2) is 0 Å². The van der Waals surface area contributed by atoms with Gasteiger partial charge in [0.05, 0.1) is 25.9 Å². The van der Waals surface area contributed by atoms with Gasteiger partial charge in [0.2, 0.25) is 0 Å². The number of hydrogen-bond acceptors (Lipinski definition) is 6. The summed E-state index contributed by atoms with van der Waals surface area (Å²) >= 11 is 0. The summed E-state index contributed by atoms with van der Waals surface area (Å²) in [5.41, 5.74) is 0. The fraction of sp³-hybridized carbons (Fsp3) is 0.800. The Hall–Kier alpha value is -1.66. The van der Waals surface area contributed by atoms with Gasteiger partial charge in [-0.1, -0.05) is 0 Å². The Morgan fingerprint density at radius 2 is 1.59 bits per heavy atom. The molecule has 0 unspecified atom stereocenters. The van der Waals surface area contributed by atoms with Gasteiger partial charge in [0.25, 0.3) is 0 Å². The summed E-state index contributed by atoms with van der Waals surface area (Å²) in [6.07, 6.45) is 1.71. The summed E-state index contributed by atoms with van der Waals surface area (Å²) < 4.78 is 8.92. The largest absolute Gasteiger partial charge is 0.469 e.